The summed E-state index contributed by atoms with van der Waals surface area (Å²) >= 11 is 0. The van der Waals surface area contributed by atoms with Crippen LogP contribution in [0.5, 0.6) is 0 Å². The quantitative estimate of drug-likeness (QED) is 0.784. The molecular weight excluding hydrogens is 200 g/mol. The minimum atomic E-state index is 0.403. The number of aryl methyl sites for hydroxylation is 2. The Morgan fingerprint density at radius 1 is 1.38 bits per heavy atom. The van der Waals surface area contributed by atoms with Gasteiger partial charge in [-0.15, -0.1) is 0 Å². The second-order valence-electron chi connectivity index (χ2n) is 3.66. The molecule has 0 atom stereocenters. The van der Waals surface area contributed by atoms with E-state index in [4.69, 9.17) is 11.0 Å². The smallest absolute Gasteiger partial charge is 0.140 e. The third-order valence-corrected chi connectivity index (χ3v) is 2.60. The van der Waals surface area contributed by atoms with Crippen molar-refractivity contribution in [2.75, 3.05) is 5.73 Å². The molecule has 1 heterocycles. The van der Waals surface area contributed by atoms with Crippen LogP contribution in [-0.2, 0) is 7.05 Å². The van der Waals surface area contributed by atoms with Crippen LogP contribution in [0, 0.1) is 18.3 Å². The minimum absolute atomic E-state index is 0.403. The first kappa shape index (κ1) is 10.2. The number of rotatable bonds is 1. The van der Waals surface area contributed by atoms with E-state index in [1.807, 2.05) is 31.2 Å². The largest absolute Gasteiger partial charge is 0.383 e. The summed E-state index contributed by atoms with van der Waals surface area (Å²) in [5.41, 5.74) is 8.91. The predicted octanol–water partition coefficient (Wildman–Crippen LogP) is 1.85. The van der Waals surface area contributed by atoms with Crippen LogP contribution in [0.3, 0.4) is 0 Å². The number of nitrogens with two attached hydrogens (primary N) is 1. The van der Waals surface area contributed by atoms with Gasteiger partial charge in [-0.05, 0) is 12.5 Å². The van der Waals surface area contributed by atoms with Crippen molar-refractivity contribution in [2.45, 2.75) is 6.92 Å². The van der Waals surface area contributed by atoms with Crippen LogP contribution in [0.25, 0.3) is 11.3 Å². The molecule has 2 rings (SSSR count). The van der Waals surface area contributed by atoms with E-state index in [9.17, 15) is 0 Å². The fourth-order valence-corrected chi connectivity index (χ4v) is 1.67. The van der Waals surface area contributed by atoms with Crippen LogP contribution in [0.4, 0.5) is 5.82 Å². The molecule has 0 amide bonds. The molecule has 0 radical (unpaired) electrons. The fraction of sp³-hybridized carbons (Fsp3) is 0.167. The van der Waals surface area contributed by atoms with Gasteiger partial charge in [-0.2, -0.15) is 10.4 Å². The van der Waals surface area contributed by atoms with Gasteiger partial charge in [0.1, 0.15) is 23.1 Å². The van der Waals surface area contributed by atoms with Crippen molar-refractivity contribution in [3.05, 3.63) is 35.4 Å². The number of hydrogen-bond donors (Lipinski definition) is 1. The Morgan fingerprint density at radius 2 is 2.06 bits per heavy atom. The molecule has 2 N–H and O–H groups in total. The van der Waals surface area contributed by atoms with E-state index in [0.29, 0.717) is 17.1 Å². The molecule has 0 saturated heterocycles. The SMILES string of the molecule is Cc1ccccc1-c1nn(C)c(N)c1C#N. The number of anilines is 1. The Hall–Kier alpha value is -2.28. The van der Waals surface area contributed by atoms with E-state index in [2.05, 4.69) is 11.2 Å². The molecular formula is C12H12N4. The summed E-state index contributed by atoms with van der Waals surface area (Å²) in [6.45, 7) is 1.99. The summed E-state index contributed by atoms with van der Waals surface area (Å²) in [6, 6.07) is 9.91. The summed E-state index contributed by atoms with van der Waals surface area (Å²) < 4.78 is 1.53. The molecule has 0 aliphatic heterocycles. The van der Waals surface area contributed by atoms with Crippen LogP contribution < -0.4 is 5.73 Å². The highest BCUT2D eigenvalue weighted by molar-refractivity contribution is 5.74. The summed E-state index contributed by atoms with van der Waals surface area (Å²) in [7, 11) is 1.73. The second kappa shape index (κ2) is 3.70. The van der Waals surface area contributed by atoms with Gasteiger partial charge < -0.3 is 5.73 Å². The Kier molecular flexibility index (Phi) is 2.37. The second-order valence-corrected chi connectivity index (χ2v) is 3.66. The average Bonchev–Trinajstić information content (AvgIpc) is 2.56. The number of nitriles is 1. The number of hydrogen-bond acceptors (Lipinski definition) is 3. The van der Waals surface area contributed by atoms with E-state index in [1.54, 1.807) is 7.05 Å². The molecule has 1 aromatic carbocycles. The highest BCUT2D eigenvalue weighted by Crippen LogP contribution is 2.28. The molecule has 0 aliphatic rings. The third-order valence-electron chi connectivity index (χ3n) is 2.60. The monoisotopic (exact) mass is 212 g/mol. The lowest BCUT2D eigenvalue weighted by molar-refractivity contribution is 0.782. The zero-order valence-electron chi connectivity index (χ0n) is 9.23. The average molecular weight is 212 g/mol. The Balaban J connectivity index is 2.71. The number of nitrogens with zero attached hydrogens (tertiary/aromatic N) is 3. The molecule has 0 bridgehead atoms. The van der Waals surface area contributed by atoms with Crippen molar-refractivity contribution in [2.24, 2.45) is 7.05 Å². The first-order valence-corrected chi connectivity index (χ1v) is 4.93. The molecule has 0 aliphatic carbocycles. The third kappa shape index (κ3) is 1.43. The van der Waals surface area contributed by atoms with Gasteiger partial charge in [-0.25, -0.2) is 0 Å². The zero-order valence-corrected chi connectivity index (χ0v) is 9.23. The summed E-state index contributed by atoms with van der Waals surface area (Å²) in [5.74, 6) is 0.403. The molecule has 80 valence electrons. The van der Waals surface area contributed by atoms with Crippen LogP contribution >= 0.6 is 0 Å². The van der Waals surface area contributed by atoms with Crippen molar-refractivity contribution in [3.63, 3.8) is 0 Å². The van der Waals surface area contributed by atoms with E-state index in [0.717, 1.165) is 11.1 Å². The van der Waals surface area contributed by atoms with E-state index < -0.39 is 0 Å². The fourth-order valence-electron chi connectivity index (χ4n) is 1.67. The highest BCUT2D eigenvalue weighted by Gasteiger charge is 2.15. The predicted molar refractivity (Wildman–Crippen MR) is 62.5 cm³/mol. The van der Waals surface area contributed by atoms with Gasteiger partial charge in [0.25, 0.3) is 0 Å². The van der Waals surface area contributed by atoms with Crippen molar-refractivity contribution in [1.29, 1.82) is 5.26 Å². The normalized spacial score (nSPS) is 10.1. The maximum atomic E-state index is 9.08. The minimum Gasteiger partial charge on any atom is -0.383 e. The first-order chi connectivity index (χ1) is 7.65. The van der Waals surface area contributed by atoms with Gasteiger partial charge in [-0.3, -0.25) is 4.68 Å². The molecule has 1 aromatic heterocycles. The van der Waals surface area contributed by atoms with Crippen molar-refractivity contribution >= 4 is 5.82 Å². The lowest BCUT2D eigenvalue weighted by atomic mass is 10.0. The molecule has 0 fully saturated rings. The number of aromatic nitrogens is 2. The van der Waals surface area contributed by atoms with Crippen LogP contribution in [-0.4, -0.2) is 9.78 Å². The molecule has 0 spiro atoms. The Bertz CT molecular complexity index is 575. The molecule has 16 heavy (non-hydrogen) atoms. The van der Waals surface area contributed by atoms with Gasteiger partial charge in [-0.1, -0.05) is 24.3 Å². The topological polar surface area (TPSA) is 67.6 Å². The number of benzene rings is 1. The van der Waals surface area contributed by atoms with Gasteiger partial charge in [0.15, 0.2) is 0 Å². The highest BCUT2D eigenvalue weighted by atomic mass is 15.3. The maximum absolute atomic E-state index is 9.08. The standard InChI is InChI=1S/C12H12N4/c1-8-5-3-4-6-9(8)11-10(7-13)12(14)16(2)15-11/h3-6H,14H2,1-2H3. The number of nitrogen functional groups attached to an aromatic ring is 1. The summed E-state index contributed by atoms with van der Waals surface area (Å²) in [6.07, 6.45) is 0. The van der Waals surface area contributed by atoms with Crippen molar-refractivity contribution in [3.8, 4) is 17.3 Å². The molecule has 4 heteroatoms. The zero-order chi connectivity index (χ0) is 11.7. The van der Waals surface area contributed by atoms with Crippen molar-refractivity contribution in [1.82, 2.24) is 9.78 Å². The Morgan fingerprint density at radius 3 is 2.69 bits per heavy atom. The van der Waals surface area contributed by atoms with Crippen molar-refractivity contribution < 1.29 is 0 Å². The van der Waals surface area contributed by atoms with Gasteiger partial charge >= 0.3 is 0 Å². The Labute approximate surface area is 93.9 Å². The molecule has 0 saturated carbocycles. The van der Waals surface area contributed by atoms with Gasteiger partial charge in [0, 0.05) is 12.6 Å². The lowest BCUT2D eigenvalue weighted by Gasteiger charge is -2.01. The maximum Gasteiger partial charge on any atom is 0.140 e. The van der Waals surface area contributed by atoms with Gasteiger partial charge in [0.2, 0.25) is 0 Å². The van der Waals surface area contributed by atoms with E-state index >= 15 is 0 Å². The summed E-state index contributed by atoms with van der Waals surface area (Å²) in [5, 5.41) is 13.4. The van der Waals surface area contributed by atoms with Gasteiger partial charge in [0.05, 0.1) is 0 Å². The molecule has 2 aromatic rings. The van der Waals surface area contributed by atoms with E-state index in [1.165, 1.54) is 4.68 Å². The lowest BCUT2D eigenvalue weighted by Crippen LogP contribution is -1.97. The summed E-state index contributed by atoms with van der Waals surface area (Å²) in [4.78, 5) is 0. The van der Waals surface area contributed by atoms with Crippen LogP contribution in [0.15, 0.2) is 24.3 Å². The first-order valence-electron chi connectivity index (χ1n) is 4.93. The van der Waals surface area contributed by atoms with Crippen LogP contribution in [0.2, 0.25) is 0 Å². The molecule has 4 nitrogen and oxygen atoms in total. The van der Waals surface area contributed by atoms with E-state index in [-0.39, 0.29) is 0 Å². The molecule has 0 unspecified atom stereocenters. The van der Waals surface area contributed by atoms with Crippen LogP contribution in [0.1, 0.15) is 11.1 Å².